The molecule has 0 atom stereocenters. The molecule has 0 bridgehead atoms. The zero-order valence-electron chi connectivity index (χ0n) is 19.4. The van der Waals surface area contributed by atoms with Crippen LogP contribution in [-0.2, 0) is 13.1 Å². The van der Waals surface area contributed by atoms with Crippen LogP contribution in [0.1, 0.15) is 55.2 Å². The third-order valence-electron chi connectivity index (χ3n) is 5.30. The normalized spacial score (nSPS) is 11.5. The number of pyridine rings is 2. The Morgan fingerprint density at radius 2 is 2.00 bits per heavy atom. The first-order valence-electron chi connectivity index (χ1n) is 11.0. The Morgan fingerprint density at radius 1 is 1.21 bits per heavy atom. The molecule has 0 saturated carbocycles. The molecule has 0 saturated heterocycles. The maximum absolute atomic E-state index is 13.3. The Labute approximate surface area is 194 Å². The maximum atomic E-state index is 13.3. The molecule has 0 unspecified atom stereocenters. The van der Waals surface area contributed by atoms with Crippen molar-refractivity contribution in [1.82, 2.24) is 39.6 Å². The van der Waals surface area contributed by atoms with Gasteiger partial charge in [-0.2, -0.15) is 5.10 Å². The first kappa shape index (κ1) is 23.0. The number of hydrogen-bond donors (Lipinski definition) is 2. The zero-order chi connectivity index (χ0) is 24.4. The second-order valence-electron chi connectivity index (χ2n) is 8.72. The predicted octanol–water partition coefficient (Wildman–Crippen LogP) is 1.77. The molecule has 0 fully saturated rings. The van der Waals surface area contributed by atoms with E-state index >= 15 is 0 Å². The number of amides is 1. The van der Waals surface area contributed by atoms with E-state index in [9.17, 15) is 14.4 Å². The number of aromatic nitrogens is 7. The SMILES string of the molecule is CC(C)Cn1c(=O)[nH]c(=O)c2c(C(=O)NCc3cccnc3-n3cncn3)cc(C(C)C)nc21. The van der Waals surface area contributed by atoms with Gasteiger partial charge in [-0.25, -0.2) is 24.4 Å². The molecule has 4 rings (SSSR count). The van der Waals surface area contributed by atoms with E-state index < -0.39 is 17.2 Å². The molecule has 0 spiro atoms. The van der Waals surface area contributed by atoms with E-state index in [-0.39, 0.29) is 35.0 Å². The number of hydrogen-bond acceptors (Lipinski definition) is 7. The molecule has 4 aromatic rings. The Hall–Kier alpha value is -4.15. The molecule has 34 heavy (non-hydrogen) atoms. The number of aromatic amines is 1. The summed E-state index contributed by atoms with van der Waals surface area (Å²) in [4.78, 5) is 53.9. The quantitative estimate of drug-likeness (QED) is 0.426. The van der Waals surface area contributed by atoms with Gasteiger partial charge in [0, 0.05) is 30.5 Å². The molecule has 0 aliphatic carbocycles. The van der Waals surface area contributed by atoms with Gasteiger partial charge < -0.3 is 5.32 Å². The molecule has 4 heterocycles. The number of carbonyl (C=O) groups excluding carboxylic acids is 1. The molecular formula is C23H26N8O3. The summed E-state index contributed by atoms with van der Waals surface area (Å²) in [6.07, 6.45) is 4.55. The van der Waals surface area contributed by atoms with Gasteiger partial charge >= 0.3 is 5.69 Å². The van der Waals surface area contributed by atoms with Gasteiger partial charge in [0.25, 0.3) is 11.5 Å². The molecule has 176 valence electrons. The van der Waals surface area contributed by atoms with Gasteiger partial charge in [0.1, 0.15) is 12.7 Å². The molecule has 11 nitrogen and oxygen atoms in total. The van der Waals surface area contributed by atoms with Crippen LogP contribution in [0, 0.1) is 5.92 Å². The van der Waals surface area contributed by atoms with Crippen molar-refractivity contribution in [2.45, 2.75) is 46.7 Å². The van der Waals surface area contributed by atoms with Crippen molar-refractivity contribution in [2.24, 2.45) is 5.92 Å². The van der Waals surface area contributed by atoms with E-state index in [0.29, 0.717) is 18.1 Å². The molecular weight excluding hydrogens is 436 g/mol. The van der Waals surface area contributed by atoms with E-state index in [4.69, 9.17) is 0 Å². The predicted molar refractivity (Wildman–Crippen MR) is 126 cm³/mol. The lowest BCUT2D eigenvalue weighted by Gasteiger charge is -2.16. The van der Waals surface area contributed by atoms with E-state index in [2.05, 4.69) is 30.4 Å². The van der Waals surface area contributed by atoms with Crippen molar-refractivity contribution >= 4 is 16.9 Å². The third-order valence-corrected chi connectivity index (χ3v) is 5.30. The number of nitrogens with one attached hydrogen (secondary N) is 2. The zero-order valence-corrected chi connectivity index (χ0v) is 19.4. The van der Waals surface area contributed by atoms with Crippen LogP contribution in [-0.4, -0.2) is 40.2 Å². The highest BCUT2D eigenvalue weighted by Crippen LogP contribution is 2.20. The molecule has 2 N–H and O–H groups in total. The average Bonchev–Trinajstić information content (AvgIpc) is 3.34. The Morgan fingerprint density at radius 3 is 2.68 bits per heavy atom. The van der Waals surface area contributed by atoms with Crippen molar-refractivity contribution in [3.8, 4) is 5.82 Å². The van der Waals surface area contributed by atoms with Crippen LogP contribution in [0.5, 0.6) is 0 Å². The van der Waals surface area contributed by atoms with Gasteiger partial charge in [0.05, 0.1) is 10.9 Å². The average molecular weight is 463 g/mol. The second kappa shape index (κ2) is 9.38. The lowest BCUT2D eigenvalue weighted by atomic mass is 10.0. The first-order chi connectivity index (χ1) is 16.3. The largest absolute Gasteiger partial charge is 0.348 e. The number of nitrogens with zero attached hydrogens (tertiary/aromatic N) is 6. The molecule has 0 aliphatic heterocycles. The summed E-state index contributed by atoms with van der Waals surface area (Å²) in [6, 6.07) is 5.20. The number of H-pyrrole nitrogens is 1. The molecule has 1 amide bonds. The minimum absolute atomic E-state index is 0.0184. The lowest BCUT2D eigenvalue weighted by Crippen LogP contribution is -2.34. The summed E-state index contributed by atoms with van der Waals surface area (Å²) in [5.74, 6) is 0.193. The Bertz CT molecular complexity index is 1450. The molecule has 0 aromatic carbocycles. The molecule has 4 aromatic heterocycles. The number of fused-ring (bicyclic) bond motifs is 1. The summed E-state index contributed by atoms with van der Waals surface area (Å²) < 4.78 is 2.93. The summed E-state index contributed by atoms with van der Waals surface area (Å²) in [5.41, 5.74) is 0.526. The number of carbonyl (C=O) groups is 1. The van der Waals surface area contributed by atoms with Crippen LogP contribution in [0.25, 0.3) is 16.9 Å². The third kappa shape index (κ3) is 4.49. The van der Waals surface area contributed by atoms with E-state index in [1.54, 1.807) is 18.3 Å². The number of rotatable bonds is 7. The summed E-state index contributed by atoms with van der Waals surface area (Å²) in [5, 5.41) is 7.06. The maximum Gasteiger partial charge on any atom is 0.330 e. The van der Waals surface area contributed by atoms with Crippen LogP contribution in [0.15, 0.2) is 46.6 Å². The van der Waals surface area contributed by atoms with Gasteiger partial charge in [-0.05, 0) is 24.0 Å². The van der Waals surface area contributed by atoms with Crippen LogP contribution in [0.4, 0.5) is 0 Å². The minimum Gasteiger partial charge on any atom is -0.348 e. The Kier molecular flexibility index (Phi) is 6.35. The molecule has 0 radical (unpaired) electrons. The summed E-state index contributed by atoms with van der Waals surface area (Å²) in [7, 11) is 0. The van der Waals surface area contributed by atoms with Gasteiger partial charge in [0.15, 0.2) is 11.5 Å². The molecule has 0 aliphatic rings. The fraction of sp³-hybridized carbons (Fsp3) is 0.348. The standard InChI is InChI=1S/C23H26N8O3/c1-13(2)10-30-20-18(22(33)29-23(30)34)16(8-17(28-20)14(3)4)21(32)26-9-15-6-5-7-25-19(15)31-12-24-11-27-31/h5-8,11-14H,9-10H2,1-4H3,(H,26,32)(H,29,33,34). The highest BCUT2D eigenvalue weighted by Gasteiger charge is 2.21. The van der Waals surface area contributed by atoms with Gasteiger partial charge in [-0.3, -0.25) is 19.1 Å². The van der Waals surface area contributed by atoms with Crippen molar-refractivity contribution in [1.29, 1.82) is 0 Å². The highest BCUT2D eigenvalue weighted by molar-refractivity contribution is 6.05. The summed E-state index contributed by atoms with van der Waals surface area (Å²) in [6.45, 7) is 8.31. The van der Waals surface area contributed by atoms with Gasteiger partial charge in [-0.15, -0.1) is 0 Å². The lowest BCUT2D eigenvalue weighted by molar-refractivity contribution is 0.0952. The summed E-state index contributed by atoms with van der Waals surface area (Å²) >= 11 is 0. The van der Waals surface area contributed by atoms with Crippen LogP contribution in [0.3, 0.4) is 0 Å². The van der Waals surface area contributed by atoms with Crippen molar-refractivity contribution < 1.29 is 4.79 Å². The van der Waals surface area contributed by atoms with E-state index in [1.165, 1.54) is 21.9 Å². The van der Waals surface area contributed by atoms with Gasteiger partial charge in [-0.1, -0.05) is 33.8 Å². The van der Waals surface area contributed by atoms with Crippen molar-refractivity contribution in [3.63, 3.8) is 0 Å². The molecule has 11 heteroatoms. The van der Waals surface area contributed by atoms with Crippen LogP contribution in [0.2, 0.25) is 0 Å². The second-order valence-corrected chi connectivity index (χ2v) is 8.72. The van der Waals surface area contributed by atoms with E-state index in [1.807, 2.05) is 33.8 Å². The smallest absolute Gasteiger partial charge is 0.330 e. The highest BCUT2D eigenvalue weighted by atomic mass is 16.2. The van der Waals surface area contributed by atoms with Crippen molar-refractivity contribution in [3.05, 3.63) is 74.7 Å². The monoisotopic (exact) mass is 462 g/mol. The first-order valence-corrected chi connectivity index (χ1v) is 11.0. The minimum atomic E-state index is -0.641. The fourth-order valence-electron chi connectivity index (χ4n) is 3.67. The van der Waals surface area contributed by atoms with Gasteiger partial charge in [0.2, 0.25) is 0 Å². The Balaban J connectivity index is 1.78. The fourth-order valence-corrected chi connectivity index (χ4v) is 3.67. The van der Waals surface area contributed by atoms with Crippen molar-refractivity contribution in [2.75, 3.05) is 0 Å². The van der Waals surface area contributed by atoms with Crippen LogP contribution >= 0.6 is 0 Å². The van der Waals surface area contributed by atoms with Crippen LogP contribution < -0.4 is 16.6 Å². The topological polar surface area (TPSA) is 140 Å². The van der Waals surface area contributed by atoms with E-state index in [0.717, 1.165) is 5.56 Å².